The van der Waals surface area contributed by atoms with Crippen molar-refractivity contribution in [2.75, 3.05) is 48.5 Å². The van der Waals surface area contributed by atoms with Crippen molar-refractivity contribution in [2.45, 2.75) is 157 Å². The maximum atomic E-state index is 13.3. The number of phenols is 3. The van der Waals surface area contributed by atoms with Crippen molar-refractivity contribution in [3.63, 3.8) is 0 Å². The number of para-hydroxylation sites is 1. The first-order valence-corrected chi connectivity index (χ1v) is 38.9. The van der Waals surface area contributed by atoms with Gasteiger partial charge in [0.2, 0.25) is 17.7 Å². The number of rotatable bonds is 25. The normalized spacial score (nSPS) is 14.3. The van der Waals surface area contributed by atoms with Gasteiger partial charge >= 0.3 is 17.0 Å². The Labute approximate surface area is 664 Å². The van der Waals surface area contributed by atoms with Crippen LogP contribution in [0.5, 0.6) is 40.2 Å². The number of aryl methyl sites for hydroxylation is 5. The van der Waals surface area contributed by atoms with E-state index in [9.17, 15) is 57.9 Å². The molecule has 7 amide bonds. The highest BCUT2D eigenvalue weighted by atomic mass is 35.5. The number of hydrogen-bond acceptors (Lipinski definition) is 16. The SMILES string of the molecule is CCC(Oc1ccc(C)cc1C)C(=O)Nc1cc(Cl)c2c(c1O)NC(=O)CC(=O)N2.CCC(Oc1ccc(C)cc1C)C(=O)Nc1cccc(C(=O)Nc2cc(Cl)c3c(c2O)C2(CCCCC2)C(=O)N3)c1.CCCCC(CC)COc1ccc(C)cc1OS(=O)Nc1ccccc1C(=O)Nc1cc(Cl)c2[nH]c(=O)[nH]c2c1O. The first-order valence-electron chi connectivity index (χ1n) is 36.7. The van der Waals surface area contributed by atoms with Crippen LogP contribution < -0.4 is 66.0 Å². The second-order valence-corrected chi connectivity index (χ2v) is 29.7. The molecule has 3 heterocycles. The van der Waals surface area contributed by atoms with Crippen molar-refractivity contribution in [3.8, 4) is 40.2 Å². The molecular weight excluding hydrogens is 1520 g/mol. The molecule has 2 aliphatic heterocycles. The lowest BCUT2D eigenvalue weighted by Gasteiger charge is -2.32. The van der Waals surface area contributed by atoms with Gasteiger partial charge in [0.1, 0.15) is 34.9 Å². The Morgan fingerprint density at radius 1 is 0.545 bits per heavy atom. The number of anilines is 8. The Kier molecular flexibility index (Phi) is 27.6. The van der Waals surface area contributed by atoms with Crippen LogP contribution in [0.1, 0.15) is 159 Å². The molecule has 8 aromatic carbocycles. The van der Waals surface area contributed by atoms with E-state index >= 15 is 0 Å². The molecule has 1 saturated carbocycles. The quantitative estimate of drug-likeness (QED) is 0.0187. The first-order chi connectivity index (χ1) is 53.5. The van der Waals surface area contributed by atoms with Gasteiger partial charge in [0, 0.05) is 16.8 Å². The lowest BCUT2D eigenvalue weighted by atomic mass is 9.70. The molecule has 3 aliphatic rings. The molecule has 4 unspecified atom stereocenters. The molecule has 1 aliphatic carbocycles. The van der Waals surface area contributed by atoms with Crippen LogP contribution in [0.3, 0.4) is 0 Å². The van der Waals surface area contributed by atoms with E-state index in [4.69, 9.17) is 53.2 Å². The fraction of sp³-hybridized carbons (Fsp3) is 0.317. The number of fused-ring (bicyclic) bond motifs is 4. The number of phenolic OH excluding ortho intramolecular Hbond substituents is 3. The second kappa shape index (κ2) is 37.2. The Morgan fingerprint density at radius 2 is 1.11 bits per heavy atom. The van der Waals surface area contributed by atoms with Crippen molar-refractivity contribution in [1.82, 2.24) is 9.97 Å². The lowest BCUT2D eigenvalue weighted by Crippen LogP contribution is -2.36. The highest BCUT2D eigenvalue weighted by molar-refractivity contribution is 7.82. The number of H-pyrrole nitrogens is 2. The van der Waals surface area contributed by atoms with E-state index in [1.165, 1.54) is 24.3 Å². The minimum atomic E-state index is -2.08. The van der Waals surface area contributed by atoms with Crippen molar-refractivity contribution < 1.29 is 71.5 Å². The summed E-state index contributed by atoms with van der Waals surface area (Å²) in [5.41, 5.74) is 5.83. The zero-order valence-corrected chi connectivity index (χ0v) is 66.2. The van der Waals surface area contributed by atoms with E-state index in [2.05, 4.69) is 65.8 Å². The number of benzene rings is 8. The van der Waals surface area contributed by atoms with Crippen LogP contribution in [0.4, 0.5) is 45.5 Å². The fourth-order valence-corrected chi connectivity index (χ4v) is 14.7. The third kappa shape index (κ3) is 19.9. The van der Waals surface area contributed by atoms with Crippen LogP contribution in [0.2, 0.25) is 15.1 Å². The number of aromatic nitrogens is 2. The number of amides is 7. The number of halogens is 3. The summed E-state index contributed by atoms with van der Waals surface area (Å²) in [6.45, 7) is 18.2. The molecule has 590 valence electrons. The molecule has 26 nitrogen and oxygen atoms in total. The number of unbranched alkanes of at least 4 members (excludes halogenated alkanes) is 1. The van der Waals surface area contributed by atoms with Crippen molar-refractivity contribution in [3.05, 3.63) is 191 Å². The topological polar surface area (TPSA) is 379 Å². The van der Waals surface area contributed by atoms with E-state index in [-0.39, 0.29) is 94.7 Å². The number of carbonyl (C=O) groups excluding carboxylic acids is 7. The summed E-state index contributed by atoms with van der Waals surface area (Å²) >= 11 is 16.8. The summed E-state index contributed by atoms with van der Waals surface area (Å²) in [7, 11) is 0. The summed E-state index contributed by atoms with van der Waals surface area (Å²) in [4.78, 5) is 105. The molecule has 112 heavy (non-hydrogen) atoms. The summed E-state index contributed by atoms with van der Waals surface area (Å²) in [5, 5.41) is 51.3. The van der Waals surface area contributed by atoms with E-state index in [1.54, 1.807) is 67.6 Å². The number of ether oxygens (including phenoxy) is 3. The fourth-order valence-electron chi connectivity index (χ4n) is 13.3. The molecular formula is C82H89Cl3N10O16S. The Morgan fingerprint density at radius 3 is 1.73 bits per heavy atom. The molecule has 12 rings (SSSR count). The predicted octanol–water partition coefficient (Wildman–Crippen LogP) is 17.0. The average molecular weight is 1610 g/mol. The zero-order valence-electron chi connectivity index (χ0n) is 63.2. The van der Waals surface area contributed by atoms with Crippen LogP contribution in [0.15, 0.2) is 126 Å². The first kappa shape index (κ1) is 83.2. The standard InChI is InChI=1S/C32H34ClN3O5.C29H33ClN4O6S.C21H22ClN3O5/c1-4-24(41-25-12-11-18(2)15-19(25)3)30(39)34-21-10-8-9-20(16-21)29(38)35-23-17-22(33)27-26(28(23)37)32(31(40)36-27)13-6-5-7-14-32;1-4-6-9-18(5-2)16-39-23-13-12-17(3)14-24(23)40-41(38)34-21-11-8-7-10-19(21)28(36)31-22-15-20(30)25-26(27(22)35)33-29(37)32-25;1-4-14(30-15-6-5-10(2)7-11(15)3)21(29)23-13-8-12(22)18-19(20(13)28)25-17(27)9-16(26)24-18/h8-12,15-17,24,37H,4-7,13-14H2,1-3H3,(H,34,39)(H,35,38)(H,36,40);7-8,10-15,18,34-35H,4-6,9,16H2,1-3H3,(H,31,36)(H2,32,33,37);5-8,14,28H,4,9H2,1-3H3,(H,23,29)(H,24,26)(H,25,27). The number of aromatic amines is 2. The van der Waals surface area contributed by atoms with Crippen molar-refractivity contribution in [2.24, 2.45) is 5.92 Å². The summed E-state index contributed by atoms with van der Waals surface area (Å²) in [6, 6.07) is 33.8. The van der Waals surface area contributed by atoms with Crippen LogP contribution >= 0.6 is 34.8 Å². The van der Waals surface area contributed by atoms with Crippen molar-refractivity contribution in [1.29, 1.82) is 0 Å². The molecule has 13 N–H and O–H groups in total. The van der Waals surface area contributed by atoms with Crippen LogP contribution in [0, 0.1) is 40.5 Å². The summed E-state index contributed by atoms with van der Waals surface area (Å²) < 4.78 is 39.4. The molecule has 30 heteroatoms. The second-order valence-electron chi connectivity index (χ2n) is 27.6. The molecule has 1 aromatic heterocycles. The van der Waals surface area contributed by atoms with Gasteiger partial charge in [0.05, 0.1) is 72.3 Å². The molecule has 0 saturated heterocycles. The Balaban J connectivity index is 0.000000181. The Hall–Kier alpha value is -11.3. The van der Waals surface area contributed by atoms with Gasteiger partial charge in [-0.15, -0.1) is 0 Å². The van der Waals surface area contributed by atoms with Crippen LogP contribution in [-0.4, -0.2) is 89.7 Å². The largest absolute Gasteiger partial charge is 0.505 e. The average Bonchev–Trinajstić information content (AvgIpc) is 1.57. The minimum Gasteiger partial charge on any atom is -0.505 e. The van der Waals surface area contributed by atoms with Gasteiger partial charge in [-0.3, -0.25) is 38.3 Å². The van der Waals surface area contributed by atoms with Gasteiger partial charge in [-0.1, -0.05) is 161 Å². The summed E-state index contributed by atoms with van der Waals surface area (Å²) in [6.07, 6.45) is 7.19. The van der Waals surface area contributed by atoms with Gasteiger partial charge in [-0.2, -0.15) is 4.21 Å². The maximum absolute atomic E-state index is 13.3. The van der Waals surface area contributed by atoms with E-state index in [0.717, 1.165) is 72.8 Å². The molecule has 1 spiro atoms. The van der Waals surface area contributed by atoms with E-state index in [1.807, 2.05) is 77.9 Å². The van der Waals surface area contributed by atoms with Crippen LogP contribution in [0.25, 0.3) is 11.0 Å². The van der Waals surface area contributed by atoms with E-state index in [0.29, 0.717) is 78.1 Å². The van der Waals surface area contributed by atoms with Gasteiger partial charge in [-0.05, 0) is 162 Å². The predicted molar refractivity (Wildman–Crippen MR) is 437 cm³/mol. The highest BCUT2D eigenvalue weighted by Gasteiger charge is 2.50. The van der Waals surface area contributed by atoms with Crippen molar-refractivity contribution >= 4 is 144 Å². The van der Waals surface area contributed by atoms with Gasteiger partial charge in [0.25, 0.3) is 23.6 Å². The zero-order chi connectivity index (χ0) is 80.8. The van der Waals surface area contributed by atoms with Gasteiger partial charge in [0.15, 0.2) is 35.2 Å². The third-order valence-corrected chi connectivity index (χ3v) is 20.9. The van der Waals surface area contributed by atoms with Gasteiger partial charge in [-0.25, -0.2) is 4.79 Å². The highest BCUT2D eigenvalue weighted by Crippen LogP contribution is 2.55. The molecule has 0 radical (unpaired) electrons. The molecule has 9 aromatic rings. The Bertz CT molecular complexity index is 5180. The molecule has 1 fully saturated rings. The summed E-state index contributed by atoms with van der Waals surface area (Å²) in [5.74, 6) is -1.77. The van der Waals surface area contributed by atoms with E-state index < -0.39 is 76.3 Å². The molecule has 0 bridgehead atoms. The number of aromatic hydroxyl groups is 3. The lowest BCUT2D eigenvalue weighted by molar-refractivity contribution is -0.124. The number of imidazole rings is 1. The van der Waals surface area contributed by atoms with Gasteiger partial charge < -0.3 is 80.9 Å². The maximum Gasteiger partial charge on any atom is 0.323 e. The monoisotopic (exact) mass is 1610 g/mol. The molecule has 4 atom stereocenters. The number of hydrogen-bond donors (Lipinski definition) is 13. The smallest absolute Gasteiger partial charge is 0.323 e. The minimum absolute atomic E-state index is 0.0112. The van der Waals surface area contributed by atoms with Crippen LogP contribution in [-0.2, 0) is 40.7 Å². The number of carbonyl (C=O) groups is 7. The third-order valence-electron chi connectivity index (χ3n) is 19.3. The number of nitrogens with one attached hydrogen (secondary N) is 10.